The van der Waals surface area contributed by atoms with Crippen LogP contribution in [0.15, 0.2) is 24.3 Å². The van der Waals surface area contributed by atoms with Gasteiger partial charge in [-0.15, -0.1) is 0 Å². The zero-order chi connectivity index (χ0) is 15.9. The Balaban J connectivity index is 2.89. The predicted octanol–water partition coefficient (Wildman–Crippen LogP) is 3.03. The standard InChI is InChI=1S/C14H20FO5P/c1-4-20-14(16)12(10-21(17,18-2)19-3)9-11-5-7-13(15)8-6-11/h5-8,12H,4,9-10H2,1-3H3. The lowest BCUT2D eigenvalue weighted by molar-refractivity contribution is -0.147. The van der Waals surface area contributed by atoms with Gasteiger partial charge < -0.3 is 13.8 Å². The first-order valence-corrected chi connectivity index (χ1v) is 8.28. The van der Waals surface area contributed by atoms with Gasteiger partial charge in [-0.05, 0) is 31.0 Å². The average Bonchev–Trinajstić information content (AvgIpc) is 2.49. The zero-order valence-electron chi connectivity index (χ0n) is 12.4. The molecule has 1 aromatic rings. The van der Waals surface area contributed by atoms with E-state index in [1.807, 2.05) is 0 Å². The third-order valence-corrected chi connectivity index (χ3v) is 5.02. The lowest BCUT2D eigenvalue weighted by atomic mass is 10.0. The molecule has 0 heterocycles. The van der Waals surface area contributed by atoms with Crippen molar-refractivity contribution in [3.05, 3.63) is 35.6 Å². The number of carbonyl (C=O) groups is 1. The molecule has 0 aliphatic heterocycles. The lowest BCUT2D eigenvalue weighted by Crippen LogP contribution is -2.24. The molecule has 0 saturated carbocycles. The van der Waals surface area contributed by atoms with Crippen LogP contribution in [-0.4, -0.2) is 33.0 Å². The van der Waals surface area contributed by atoms with Gasteiger partial charge >= 0.3 is 13.6 Å². The minimum atomic E-state index is -3.34. The Labute approximate surface area is 123 Å². The van der Waals surface area contributed by atoms with Crippen LogP contribution in [0.2, 0.25) is 0 Å². The van der Waals surface area contributed by atoms with Crippen LogP contribution in [0.5, 0.6) is 0 Å². The highest BCUT2D eigenvalue weighted by Gasteiger charge is 2.32. The molecule has 5 nitrogen and oxygen atoms in total. The van der Waals surface area contributed by atoms with Crippen LogP contribution in [0.25, 0.3) is 0 Å². The van der Waals surface area contributed by atoms with Gasteiger partial charge in [-0.2, -0.15) is 0 Å². The fraction of sp³-hybridized carbons (Fsp3) is 0.500. The Bertz CT molecular complexity index is 495. The second kappa shape index (κ2) is 8.27. The first-order valence-electron chi connectivity index (χ1n) is 6.55. The van der Waals surface area contributed by atoms with Crippen molar-refractivity contribution < 1.29 is 27.5 Å². The van der Waals surface area contributed by atoms with Crippen molar-refractivity contribution in [2.24, 2.45) is 5.92 Å². The first kappa shape index (κ1) is 17.8. The Morgan fingerprint density at radius 2 is 1.81 bits per heavy atom. The van der Waals surface area contributed by atoms with E-state index in [4.69, 9.17) is 13.8 Å². The van der Waals surface area contributed by atoms with Crippen LogP contribution in [0.1, 0.15) is 12.5 Å². The summed E-state index contributed by atoms with van der Waals surface area (Å²) < 4.78 is 39.8. The molecule has 0 saturated heterocycles. The van der Waals surface area contributed by atoms with Crippen LogP contribution in [-0.2, 0) is 29.6 Å². The molecule has 1 unspecified atom stereocenters. The van der Waals surface area contributed by atoms with Gasteiger partial charge in [0.25, 0.3) is 0 Å². The molecule has 1 aromatic carbocycles. The summed E-state index contributed by atoms with van der Waals surface area (Å²) in [7, 11) is -0.800. The van der Waals surface area contributed by atoms with Crippen LogP contribution >= 0.6 is 7.60 Å². The van der Waals surface area contributed by atoms with Gasteiger partial charge in [0.15, 0.2) is 0 Å². The summed E-state index contributed by atoms with van der Waals surface area (Å²) in [4.78, 5) is 12.0. The molecular formula is C14H20FO5P. The number of halogens is 1. The molecule has 1 rings (SSSR count). The topological polar surface area (TPSA) is 61.8 Å². The van der Waals surface area contributed by atoms with E-state index in [1.54, 1.807) is 19.1 Å². The molecule has 0 aliphatic carbocycles. The highest BCUT2D eigenvalue weighted by Crippen LogP contribution is 2.48. The Morgan fingerprint density at radius 1 is 1.24 bits per heavy atom. The minimum absolute atomic E-state index is 0.0871. The molecule has 0 radical (unpaired) electrons. The Hall–Kier alpha value is -1.23. The molecule has 0 fully saturated rings. The lowest BCUT2D eigenvalue weighted by Gasteiger charge is -2.20. The quantitative estimate of drug-likeness (QED) is 0.544. The minimum Gasteiger partial charge on any atom is -0.466 e. The summed E-state index contributed by atoms with van der Waals surface area (Å²) in [5, 5.41) is 0. The summed E-state index contributed by atoms with van der Waals surface area (Å²) in [5.74, 6) is -1.51. The SMILES string of the molecule is CCOC(=O)C(Cc1ccc(F)cc1)CP(=O)(OC)OC. The Kier molecular flexibility index (Phi) is 7.02. The van der Waals surface area contributed by atoms with E-state index in [2.05, 4.69) is 0 Å². The number of esters is 1. The van der Waals surface area contributed by atoms with E-state index in [0.717, 1.165) is 5.56 Å². The van der Waals surface area contributed by atoms with Crippen LogP contribution in [0, 0.1) is 11.7 Å². The number of ether oxygens (including phenoxy) is 1. The van der Waals surface area contributed by atoms with Crippen LogP contribution in [0.4, 0.5) is 4.39 Å². The second-order valence-electron chi connectivity index (χ2n) is 4.44. The van der Waals surface area contributed by atoms with Crippen molar-refractivity contribution >= 4 is 13.6 Å². The van der Waals surface area contributed by atoms with E-state index in [1.165, 1.54) is 26.4 Å². The van der Waals surface area contributed by atoms with E-state index in [9.17, 15) is 13.8 Å². The third-order valence-electron chi connectivity index (χ3n) is 3.02. The molecule has 0 spiro atoms. The van der Waals surface area contributed by atoms with Gasteiger partial charge in [-0.25, -0.2) is 4.39 Å². The van der Waals surface area contributed by atoms with Gasteiger partial charge in [-0.1, -0.05) is 12.1 Å². The molecule has 0 aromatic heterocycles. The molecule has 1 atom stereocenters. The van der Waals surface area contributed by atoms with E-state index < -0.39 is 19.5 Å². The smallest absolute Gasteiger partial charge is 0.331 e. The van der Waals surface area contributed by atoms with Gasteiger partial charge in [0.1, 0.15) is 5.82 Å². The fourth-order valence-corrected chi connectivity index (χ4v) is 3.15. The predicted molar refractivity (Wildman–Crippen MR) is 76.7 cm³/mol. The highest BCUT2D eigenvalue weighted by molar-refractivity contribution is 7.53. The van der Waals surface area contributed by atoms with Crippen molar-refractivity contribution in [2.45, 2.75) is 13.3 Å². The van der Waals surface area contributed by atoms with Gasteiger partial charge in [0, 0.05) is 14.2 Å². The largest absolute Gasteiger partial charge is 0.466 e. The molecule has 21 heavy (non-hydrogen) atoms. The van der Waals surface area contributed by atoms with E-state index in [-0.39, 0.29) is 25.0 Å². The normalized spacial score (nSPS) is 13.0. The highest BCUT2D eigenvalue weighted by atomic mass is 31.2. The van der Waals surface area contributed by atoms with Crippen molar-refractivity contribution in [1.29, 1.82) is 0 Å². The van der Waals surface area contributed by atoms with Gasteiger partial charge in [0.05, 0.1) is 18.7 Å². The fourth-order valence-electron chi connectivity index (χ4n) is 1.88. The molecular weight excluding hydrogens is 298 g/mol. The maximum atomic E-state index is 12.9. The summed E-state index contributed by atoms with van der Waals surface area (Å²) in [6, 6.07) is 5.77. The Morgan fingerprint density at radius 3 is 2.29 bits per heavy atom. The average molecular weight is 318 g/mol. The van der Waals surface area contributed by atoms with Crippen molar-refractivity contribution in [2.75, 3.05) is 27.0 Å². The van der Waals surface area contributed by atoms with Crippen molar-refractivity contribution in [1.82, 2.24) is 0 Å². The maximum absolute atomic E-state index is 12.9. The molecule has 0 N–H and O–H groups in total. The number of carbonyl (C=O) groups excluding carboxylic acids is 1. The van der Waals surface area contributed by atoms with E-state index in [0.29, 0.717) is 0 Å². The maximum Gasteiger partial charge on any atom is 0.331 e. The molecule has 118 valence electrons. The molecule has 7 heteroatoms. The monoisotopic (exact) mass is 318 g/mol. The summed E-state index contributed by atoms with van der Waals surface area (Å²) in [6.45, 7) is 1.92. The van der Waals surface area contributed by atoms with Gasteiger partial charge in [-0.3, -0.25) is 9.36 Å². The third kappa shape index (κ3) is 5.58. The first-order chi connectivity index (χ1) is 9.94. The van der Waals surface area contributed by atoms with E-state index >= 15 is 0 Å². The molecule has 0 bridgehead atoms. The summed E-state index contributed by atoms with van der Waals surface area (Å²) in [6.07, 6.45) is 0.187. The molecule has 0 aliphatic rings. The number of hydrogen-bond donors (Lipinski definition) is 0. The number of benzene rings is 1. The number of rotatable bonds is 8. The van der Waals surface area contributed by atoms with Crippen LogP contribution in [0.3, 0.4) is 0 Å². The summed E-state index contributed by atoms with van der Waals surface area (Å²) >= 11 is 0. The van der Waals surface area contributed by atoms with Crippen LogP contribution < -0.4 is 0 Å². The number of hydrogen-bond acceptors (Lipinski definition) is 5. The molecule has 0 amide bonds. The zero-order valence-corrected chi connectivity index (χ0v) is 13.3. The summed E-state index contributed by atoms with van der Waals surface area (Å²) in [5.41, 5.74) is 0.744. The van der Waals surface area contributed by atoms with Gasteiger partial charge in [0.2, 0.25) is 0 Å². The van der Waals surface area contributed by atoms with Crippen molar-refractivity contribution in [3.8, 4) is 0 Å². The second-order valence-corrected chi connectivity index (χ2v) is 6.76. The van der Waals surface area contributed by atoms with Crippen molar-refractivity contribution in [3.63, 3.8) is 0 Å².